The van der Waals surface area contributed by atoms with Gasteiger partial charge in [0, 0.05) is 16.1 Å². The summed E-state index contributed by atoms with van der Waals surface area (Å²) in [6.07, 6.45) is 0. The first kappa shape index (κ1) is 13.7. The van der Waals surface area contributed by atoms with Crippen molar-refractivity contribution >= 4 is 51.4 Å². The van der Waals surface area contributed by atoms with Crippen LogP contribution in [-0.4, -0.2) is 16.1 Å². The highest BCUT2D eigenvalue weighted by molar-refractivity contribution is 6.36. The zero-order valence-electron chi connectivity index (χ0n) is 10.7. The Morgan fingerprint density at radius 3 is 2.81 bits per heavy atom. The molecule has 0 bridgehead atoms. The van der Waals surface area contributed by atoms with Crippen molar-refractivity contribution < 1.29 is 4.79 Å². The number of benzene rings is 2. The Labute approximate surface area is 130 Å². The molecule has 5 nitrogen and oxygen atoms in total. The Balaban J connectivity index is 1.97. The summed E-state index contributed by atoms with van der Waals surface area (Å²) >= 11 is 11.9. The van der Waals surface area contributed by atoms with Gasteiger partial charge in [-0.1, -0.05) is 23.2 Å². The van der Waals surface area contributed by atoms with E-state index in [0.29, 0.717) is 26.8 Å². The molecule has 0 radical (unpaired) electrons. The average Bonchev–Trinajstić information content (AvgIpc) is 2.85. The van der Waals surface area contributed by atoms with Crippen LogP contribution in [0, 0.1) is 0 Å². The quantitative estimate of drug-likeness (QED) is 0.629. The van der Waals surface area contributed by atoms with Crippen LogP contribution in [0.1, 0.15) is 10.5 Å². The van der Waals surface area contributed by atoms with Gasteiger partial charge in [0.1, 0.15) is 0 Å². The number of halogens is 2. The van der Waals surface area contributed by atoms with Crippen molar-refractivity contribution in [3.8, 4) is 0 Å². The number of H-pyrrole nitrogens is 1. The Hall–Kier alpha value is -2.24. The lowest BCUT2D eigenvalue weighted by atomic mass is 10.2. The maximum atomic E-state index is 12.3. The van der Waals surface area contributed by atoms with Gasteiger partial charge in [-0.2, -0.15) is 5.10 Å². The summed E-state index contributed by atoms with van der Waals surface area (Å²) in [6.45, 7) is 0. The lowest BCUT2D eigenvalue weighted by molar-refractivity contribution is 0.102. The molecule has 0 unspecified atom stereocenters. The van der Waals surface area contributed by atoms with Crippen LogP contribution in [0.2, 0.25) is 10.0 Å². The minimum atomic E-state index is -0.393. The van der Waals surface area contributed by atoms with E-state index in [4.69, 9.17) is 28.9 Å². The Morgan fingerprint density at radius 1 is 1.19 bits per heavy atom. The van der Waals surface area contributed by atoms with Crippen LogP contribution >= 0.6 is 23.2 Å². The van der Waals surface area contributed by atoms with Gasteiger partial charge in [0.15, 0.2) is 5.69 Å². The Kier molecular flexibility index (Phi) is 3.45. The van der Waals surface area contributed by atoms with E-state index in [2.05, 4.69) is 15.5 Å². The number of carbonyl (C=O) groups is 1. The van der Waals surface area contributed by atoms with Gasteiger partial charge in [-0.25, -0.2) is 0 Å². The number of hydrogen-bond acceptors (Lipinski definition) is 3. The summed E-state index contributed by atoms with van der Waals surface area (Å²) in [7, 11) is 0. The van der Waals surface area contributed by atoms with E-state index in [-0.39, 0.29) is 5.69 Å². The molecule has 0 aliphatic rings. The lowest BCUT2D eigenvalue weighted by Gasteiger charge is -2.06. The standard InChI is InChI=1S/C14H10Cl2N4O/c15-7-1-3-10(16)12(5-7)18-14(21)13-9-6-8(17)2-4-11(9)19-20-13/h1-6H,17H2,(H,18,21)(H,19,20). The number of nitrogens with two attached hydrogens (primary N) is 1. The van der Waals surface area contributed by atoms with Crippen molar-refractivity contribution in [1.82, 2.24) is 10.2 Å². The average molecular weight is 321 g/mol. The van der Waals surface area contributed by atoms with Crippen molar-refractivity contribution in [3.05, 3.63) is 52.1 Å². The molecule has 0 saturated carbocycles. The van der Waals surface area contributed by atoms with Crippen LogP contribution < -0.4 is 11.1 Å². The largest absolute Gasteiger partial charge is 0.399 e. The van der Waals surface area contributed by atoms with Gasteiger partial charge in [-0.3, -0.25) is 9.89 Å². The zero-order chi connectivity index (χ0) is 15.0. The van der Waals surface area contributed by atoms with Crippen molar-refractivity contribution in [2.45, 2.75) is 0 Å². The third-order valence-electron chi connectivity index (χ3n) is 2.98. The molecule has 1 amide bonds. The van der Waals surface area contributed by atoms with Gasteiger partial charge in [-0.05, 0) is 36.4 Å². The van der Waals surface area contributed by atoms with Crippen molar-refractivity contribution in [1.29, 1.82) is 0 Å². The second-order valence-electron chi connectivity index (χ2n) is 4.46. The monoisotopic (exact) mass is 320 g/mol. The van der Waals surface area contributed by atoms with E-state index in [1.54, 1.807) is 36.4 Å². The molecule has 0 atom stereocenters. The Morgan fingerprint density at radius 2 is 2.00 bits per heavy atom. The van der Waals surface area contributed by atoms with Gasteiger partial charge >= 0.3 is 0 Å². The number of aromatic nitrogens is 2. The number of nitrogen functional groups attached to an aromatic ring is 1. The van der Waals surface area contributed by atoms with Crippen LogP contribution in [0.4, 0.5) is 11.4 Å². The molecular formula is C14H10Cl2N4O. The topological polar surface area (TPSA) is 83.8 Å². The molecule has 0 aliphatic heterocycles. The summed E-state index contributed by atoms with van der Waals surface area (Å²) in [5, 5.41) is 11.0. The van der Waals surface area contributed by atoms with Crippen LogP contribution in [0.3, 0.4) is 0 Å². The molecule has 1 heterocycles. The smallest absolute Gasteiger partial charge is 0.276 e. The van der Waals surface area contributed by atoms with Crippen LogP contribution in [0.15, 0.2) is 36.4 Å². The second kappa shape index (κ2) is 5.27. The maximum Gasteiger partial charge on any atom is 0.276 e. The highest BCUT2D eigenvalue weighted by Gasteiger charge is 2.15. The van der Waals surface area contributed by atoms with Crippen LogP contribution in [-0.2, 0) is 0 Å². The number of anilines is 2. The van der Waals surface area contributed by atoms with Gasteiger partial charge in [0.25, 0.3) is 5.91 Å². The van der Waals surface area contributed by atoms with Crippen molar-refractivity contribution in [2.75, 3.05) is 11.1 Å². The number of hydrogen-bond donors (Lipinski definition) is 3. The van der Waals surface area contributed by atoms with E-state index in [0.717, 1.165) is 5.52 Å². The van der Waals surface area contributed by atoms with Crippen LogP contribution in [0.5, 0.6) is 0 Å². The summed E-state index contributed by atoms with van der Waals surface area (Å²) in [5.74, 6) is -0.393. The number of fused-ring (bicyclic) bond motifs is 1. The van der Waals surface area contributed by atoms with Gasteiger partial charge in [0.2, 0.25) is 0 Å². The third-order valence-corrected chi connectivity index (χ3v) is 3.54. The molecule has 21 heavy (non-hydrogen) atoms. The number of aromatic amines is 1. The number of nitrogens with one attached hydrogen (secondary N) is 2. The molecule has 7 heteroatoms. The van der Waals surface area contributed by atoms with E-state index in [1.165, 1.54) is 0 Å². The summed E-state index contributed by atoms with van der Waals surface area (Å²) in [4.78, 5) is 12.3. The van der Waals surface area contributed by atoms with E-state index in [1.807, 2.05) is 0 Å². The predicted molar refractivity (Wildman–Crippen MR) is 84.9 cm³/mol. The molecule has 0 fully saturated rings. The molecule has 1 aromatic heterocycles. The van der Waals surface area contributed by atoms with Crippen molar-refractivity contribution in [2.24, 2.45) is 0 Å². The van der Waals surface area contributed by atoms with Crippen molar-refractivity contribution in [3.63, 3.8) is 0 Å². The number of nitrogens with zero attached hydrogens (tertiary/aromatic N) is 1. The number of rotatable bonds is 2. The maximum absolute atomic E-state index is 12.3. The predicted octanol–water partition coefficient (Wildman–Crippen LogP) is 3.70. The molecule has 106 valence electrons. The normalized spacial score (nSPS) is 10.8. The molecule has 0 aliphatic carbocycles. The van der Waals surface area contributed by atoms with Crippen LogP contribution in [0.25, 0.3) is 10.9 Å². The number of carbonyl (C=O) groups excluding carboxylic acids is 1. The van der Waals surface area contributed by atoms with Gasteiger partial charge in [-0.15, -0.1) is 0 Å². The minimum absolute atomic E-state index is 0.244. The summed E-state index contributed by atoms with van der Waals surface area (Å²) in [5.41, 5.74) is 7.69. The SMILES string of the molecule is Nc1ccc2[nH]nc(C(=O)Nc3cc(Cl)ccc3Cl)c2c1. The summed E-state index contributed by atoms with van der Waals surface area (Å²) in [6, 6.07) is 10.0. The number of amides is 1. The van der Waals surface area contributed by atoms with Gasteiger partial charge in [0.05, 0.1) is 16.2 Å². The molecule has 0 spiro atoms. The fourth-order valence-electron chi connectivity index (χ4n) is 1.98. The molecule has 4 N–H and O–H groups in total. The third kappa shape index (κ3) is 2.66. The van der Waals surface area contributed by atoms with E-state index < -0.39 is 5.91 Å². The molecule has 0 saturated heterocycles. The molecular weight excluding hydrogens is 311 g/mol. The highest BCUT2D eigenvalue weighted by atomic mass is 35.5. The lowest BCUT2D eigenvalue weighted by Crippen LogP contribution is -2.13. The Bertz CT molecular complexity index is 844. The van der Waals surface area contributed by atoms with Gasteiger partial charge < -0.3 is 11.1 Å². The first-order valence-corrected chi connectivity index (χ1v) is 6.80. The highest BCUT2D eigenvalue weighted by Crippen LogP contribution is 2.26. The zero-order valence-corrected chi connectivity index (χ0v) is 12.2. The fraction of sp³-hybridized carbons (Fsp3) is 0. The van der Waals surface area contributed by atoms with E-state index in [9.17, 15) is 4.79 Å². The molecule has 3 rings (SSSR count). The first-order chi connectivity index (χ1) is 10.0. The summed E-state index contributed by atoms with van der Waals surface area (Å²) < 4.78 is 0. The second-order valence-corrected chi connectivity index (χ2v) is 5.30. The molecule has 3 aromatic rings. The fourth-order valence-corrected chi connectivity index (χ4v) is 2.32. The first-order valence-electron chi connectivity index (χ1n) is 6.04. The molecule has 2 aromatic carbocycles. The van der Waals surface area contributed by atoms with E-state index >= 15 is 0 Å². The minimum Gasteiger partial charge on any atom is -0.399 e.